The van der Waals surface area contributed by atoms with Crippen molar-refractivity contribution in [3.63, 3.8) is 0 Å². The van der Waals surface area contributed by atoms with Crippen molar-refractivity contribution < 1.29 is 35.8 Å². The standard InChI is InChI=1S/C28H26F6O2/c1-3-16-8-10-17(11-9-16)24-20(29)12-15(2)26(25(24)32)35-23-7-5-4-6-19(23)18-13-21(30)27(22(31)14-18)36-28(33)34/h4-7,12-14,16-17,28H,3,8-11H2,1-2H3/t16-,17-. The smallest absolute Gasteiger partial charge is 0.387 e. The number of halogens is 6. The highest BCUT2D eigenvalue weighted by Crippen LogP contribution is 2.44. The maximum atomic E-state index is 15.7. The van der Waals surface area contributed by atoms with Crippen LogP contribution in [-0.4, -0.2) is 6.61 Å². The van der Waals surface area contributed by atoms with Crippen molar-refractivity contribution in [1.82, 2.24) is 0 Å². The minimum atomic E-state index is -3.40. The average Bonchev–Trinajstić information content (AvgIpc) is 2.84. The van der Waals surface area contributed by atoms with E-state index in [0.717, 1.165) is 31.4 Å². The summed E-state index contributed by atoms with van der Waals surface area (Å²) in [5.41, 5.74) is 0.379. The summed E-state index contributed by atoms with van der Waals surface area (Å²) in [6.07, 6.45) is 4.19. The summed E-state index contributed by atoms with van der Waals surface area (Å²) < 4.78 is 94.1. The van der Waals surface area contributed by atoms with Crippen molar-refractivity contribution >= 4 is 0 Å². The van der Waals surface area contributed by atoms with E-state index in [0.29, 0.717) is 18.8 Å². The SMILES string of the molecule is CC[C@H]1CC[C@H](c2c(F)cc(C)c(Oc3ccccc3-c3cc(F)c(OC(F)F)c(F)c3)c2F)CC1. The fourth-order valence-electron chi connectivity index (χ4n) is 4.91. The van der Waals surface area contributed by atoms with Gasteiger partial charge in [0, 0.05) is 11.1 Å². The molecule has 0 amide bonds. The largest absolute Gasteiger partial charge is 0.453 e. The van der Waals surface area contributed by atoms with Gasteiger partial charge in [0.15, 0.2) is 29.0 Å². The van der Waals surface area contributed by atoms with Crippen molar-refractivity contribution in [2.75, 3.05) is 0 Å². The number of hydrogen-bond acceptors (Lipinski definition) is 2. The summed E-state index contributed by atoms with van der Waals surface area (Å²) in [5, 5.41) is 0. The van der Waals surface area contributed by atoms with Gasteiger partial charge >= 0.3 is 6.61 Å². The molecule has 1 aliphatic carbocycles. The Morgan fingerprint density at radius 2 is 1.50 bits per heavy atom. The highest BCUT2D eigenvalue weighted by atomic mass is 19.3. The van der Waals surface area contributed by atoms with Crippen LogP contribution in [0.15, 0.2) is 42.5 Å². The molecule has 1 fully saturated rings. The van der Waals surface area contributed by atoms with E-state index in [1.54, 1.807) is 12.1 Å². The van der Waals surface area contributed by atoms with Crippen molar-refractivity contribution in [3.8, 4) is 28.4 Å². The van der Waals surface area contributed by atoms with Gasteiger partial charge in [-0.05, 0) is 79.8 Å². The molecule has 0 saturated heterocycles. The maximum Gasteiger partial charge on any atom is 0.387 e. The Morgan fingerprint density at radius 3 is 2.11 bits per heavy atom. The van der Waals surface area contributed by atoms with Gasteiger partial charge in [-0.3, -0.25) is 0 Å². The van der Waals surface area contributed by atoms with Gasteiger partial charge < -0.3 is 9.47 Å². The summed E-state index contributed by atoms with van der Waals surface area (Å²) in [4.78, 5) is 0. The zero-order valence-electron chi connectivity index (χ0n) is 19.9. The highest BCUT2D eigenvalue weighted by molar-refractivity contribution is 5.72. The second kappa shape index (κ2) is 10.8. The molecule has 2 nitrogen and oxygen atoms in total. The van der Waals surface area contributed by atoms with E-state index in [1.807, 2.05) is 0 Å². The second-order valence-corrected chi connectivity index (χ2v) is 9.10. The van der Waals surface area contributed by atoms with Gasteiger partial charge in [0.1, 0.15) is 11.6 Å². The Kier molecular flexibility index (Phi) is 7.81. The Labute approximate surface area is 205 Å². The monoisotopic (exact) mass is 508 g/mol. The molecule has 1 saturated carbocycles. The summed E-state index contributed by atoms with van der Waals surface area (Å²) in [6.45, 7) is 0.224. The molecule has 0 N–H and O–H groups in total. The van der Waals surface area contributed by atoms with Crippen molar-refractivity contribution in [1.29, 1.82) is 0 Å². The first-order chi connectivity index (χ1) is 17.2. The summed E-state index contributed by atoms with van der Waals surface area (Å²) in [7, 11) is 0. The van der Waals surface area contributed by atoms with Gasteiger partial charge in [-0.15, -0.1) is 0 Å². The van der Waals surface area contributed by atoms with Crippen molar-refractivity contribution in [2.45, 2.75) is 58.5 Å². The van der Waals surface area contributed by atoms with Gasteiger partial charge in [-0.25, -0.2) is 17.6 Å². The lowest BCUT2D eigenvalue weighted by Gasteiger charge is -2.29. The molecule has 0 radical (unpaired) electrons. The number of para-hydroxylation sites is 1. The predicted molar refractivity (Wildman–Crippen MR) is 125 cm³/mol. The lowest BCUT2D eigenvalue weighted by atomic mass is 9.77. The molecule has 0 bridgehead atoms. The molecule has 4 rings (SSSR count). The summed E-state index contributed by atoms with van der Waals surface area (Å²) >= 11 is 0. The highest BCUT2D eigenvalue weighted by Gasteiger charge is 2.29. The molecular weight excluding hydrogens is 482 g/mol. The first kappa shape index (κ1) is 25.9. The zero-order valence-corrected chi connectivity index (χ0v) is 19.9. The molecule has 0 aromatic heterocycles. The van der Waals surface area contributed by atoms with E-state index in [4.69, 9.17) is 4.74 Å². The number of benzene rings is 3. The van der Waals surface area contributed by atoms with Crippen LogP contribution in [0.3, 0.4) is 0 Å². The molecule has 192 valence electrons. The van der Waals surface area contributed by atoms with Crippen molar-refractivity contribution in [3.05, 3.63) is 76.9 Å². The molecule has 1 aliphatic rings. The molecule has 8 heteroatoms. The molecular formula is C28H26F6O2. The van der Waals surface area contributed by atoms with Crippen LogP contribution in [0.2, 0.25) is 0 Å². The van der Waals surface area contributed by atoms with E-state index < -0.39 is 35.6 Å². The van der Waals surface area contributed by atoms with Crippen LogP contribution < -0.4 is 9.47 Å². The third kappa shape index (κ3) is 5.32. The van der Waals surface area contributed by atoms with Crippen molar-refractivity contribution in [2.24, 2.45) is 5.92 Å². The van der Waals surface area contributed by atoms with E-state index in [1.165, 1.54) is 25.1 Å². The van der Waals surface area contributed by atoms with Crippen LogP contribution in [0.4, 0.5) is 26.3 Å². The Morgan fingerprint density at radius 1 is 0.861 bits per heavy atom. The quantitative estimate of drug-likeness (QED) is 0.296. The molecule has 0 heterocycles. The van der Waals surface area contributed by atoms with Gasteiger partial charge in [-0.1, -0.05) is 31.5 Å². The third-order valence-corrected chi connectivity index (χ3v) is 6.84. The molecule has 3 aromatic rings. The first-order valence-electron chi connectivity index (χ1n) is 11.9. The molecule has 0 atom stereocenters. The fraction of sp³-hybridized carbons (Fsp3) is 0.357. The number of rotatable bonds is 7. The zero-order chi connectivity index (χ0) is 26.0. The normalized spacial score (nSPS) is 17.9. The van der Waals surface area contributed by atoms with Crippen LogP contribution in [0, 0.1) is 36.1 Å². The van der Waals surface area contributed by atoms with Gasteiger partial charge in [-0.2, -0.15) is 8.78 Å². The maximum absolute atomic E-state index is 15.7. The van der Waals surface area contributed by atoms with Crippen LogP contribution in [0.5, 0.6) is 17.2 Å². The molecule has 0 aliphatic heterocycles. The van der Waals surface area contributed by atoms with Gasteiger partial charge in [0.2, 0.25) is 0 Å². The minimum absolute atomic E-state index is 0.00627. The second-order valence-electron chi connectivity index (χ2n) is 9.10. The molecule has 3 aromatic carbocycles. The molecule has 0 unspecified atom stereocenters. The fourth-order valence-corrected chi connectivity index (χ4v) is 4.91. The van der Waals surface area contributed by atoms with Crippen LogP contribution in [0.1, 0.15) is 56.1 Å². The molecule has 0 spiro atoms. The topological polar surface area (TPSA) is 18.5 Å². The Bertz CT molecular complexity index is 1210. The Balaban J connectivity index is 1.70. The first-order valence-corrected chi connectivity index (χ1v) is 11.9. The van der Waals surface area contributed by atoms with Gasteiger partial charge in [0.05, 0.1) is 0 Å². The lowest BCUT2D eigenvalue weighted by molar-refractivity contribution is -0.0546. The number of hydrogen-bond donors (Lipinski definition) is 0. The lowest BCUT2D eigenvalue weighted by Crippen LogP contribution is -2.15. The van der Waals surface area contributed by atoms with Gasteiger partial charge in [0.25, 0.3) is 0 Å². The van der Waals surface area contributed by atoms with E-state index in [-0.39, 0.29) is 39.7 Å². The van der Waals surface area contributed by atoms with Crippen LogP contribution in [-0.2, 0) is 0 Å². The van der Waals surface area contributed by atoms with E-state index >= 15 is 4.39 Å². The Hall–Kier alpha value is -3.16. The summed E-state index contributed by atoms with van der Waals surface area (Å²) in [5.74, 6) is -5.08. The number of ether oxygens (including phenoxy) is 2. The van der Waals surface area contributed by atoms with E-state index in [9.17, 15) is 22.0 Å². The van der Waals surface area contributed by atoms with Crippen LogP contribution in [0.25, 0.3) is 11.1 Å². The van der Waals surface area contributed by atoms with E-state index in [2.05, 4.69) is 11.7 Å². The average molecular weight is 509 g/mol. The number of aryl methyl sites for hydroxylation is 1. The predicted octanol–water partition coefficient (Wildman–Crippen LogP) is 9.30. The minimum Gasteiger partial charge on any atom is -0.453 e. The van der Waals surface area contributed by atoms with Crippen LogP contribution >= 0.6 is 0 Å². The molecule has 36 heavy (non-hydrogen) atoms. The summed E-state index contributed by atoms with van der Waals surface area (Å²) in [6, 6.07) is 9.02. The third-order valence-electron chi connectivity index (χ3n) is 6.84. The number of alkyl halides is 2.